The monoisotopic (exact) mass is 401 g/mol. The van der Waals surface area contributed by atoms with Crippen LogP contribution in [0.5, 0.6) is 0 Å². The number of piperidine rings is 1. The average Bonchev–Trinajstić information content (AvgIpc) is 3.60. The van der Waals surface area contributed by atoms with Crippen LogP contribution in [0.4, 0.5) is 4.39 Å². The summed E-state index contributed by atoms with van der Waals surface area (Å²) in [7, 11) is 0. The molecule has 4 rings (SSSR count). The minimum atomic E-state index is -0.309. The van der Waals surface area contributed by atoms with Gasteiger partial charge in [-0.3, -0.25) is 14.4 Å². The van der Waals surface area contributed by atoms with Crippen molar-refractivity contribution in [3.8, 4) is 0 Å². The Morgan fingerprint density at radius 3 is 1.76 bits per heavy atom. The molecule has 1 aliphatic carbocycles. The van der Waals surface area contributed by atoms with Crippen LogP contribution in [0, 0.1) is 17.7 Å². The molecular weight excluding hydrogens is 373 g/mol. The summed E-state index contributed by atoms with van der Waals surface area (Å²) in [5.41, 5.74) is 0.794. The molecule has 0 N–H and O–H groups in total. The topological polar surface area (TPSA) is 60.9 Å². The molecule has 0 atom stereocenters. The molecule has 1 aromatic carbocycles. The normalized spacial score (nSPS) is 20.7. The number of piperazine rings is 1. The number of carbonyl (C=O) groups excluding carboxylic acids is 3. The Kier molecular flexibility index (Phi) is 5.83. The minimum absolute atomic E-state index is 0.00982. The van der Waals surface area contributed by atoms with E-state index in [0.29, 0.717) is 39.3 Å². The van der Waals surface area contributed by atoms with Crippen molar-refractivity contribution in [2.75, 3.05) is 39.3 Å². The lowest BCUT2D eigenvalue weighted by molar-refractivity contribution is -0.144. The number of halogens is 1. The highest BCUT2D eigenvalue weighted by Crippen LogP contribution is 2.32. The zero-order valence-electron chi connectivity index (χ0n) is 16.7. The van der Waals surface area contributed by atoms with Crippen LogP contribution in [-0.4, -0.2) is 71.7 Å². The van der Waals surface area contributed by atoms with E-state index in [2.05, 4.69) is 0 Å². The smallest absolute Gasteiger partial charge is 0.227 e. The van der Waals surface area contributed by atoms with Crippen LogP contribution in [-0.2, 0) is 20.8 Å². The average molecular weight is 401 g/mol. The van der Waals surface area contributed by atoms with E-state index in [0.717, 1.165) is 31.2 Å². The molecule has 7 heteroatoms. The molecule has 0 bridgehead atoms. The van der Waals surface area contributed by atoms with Gasteiger partial charge < -0.3 is 14.7 Å². The fourth-order valence-corrected chi connectivity index (χ4v) is 4.26. The number of rotatable bonds is 4. The van der Waals surface area contributed by atoms with Crippen molar-refractivity contribution in [2.45, 2.75) is 32.1 Å². The lowest BCUT2D eigenvalue weighted by Gasteiger charge is -2.38. The third-order valence-electron chi connectivity index (χ3n) is 6.30. The van der Waals surface area contributed by atoms with E-state index in [1.54, 1.807) is 17.0 Å². The number of hydrogen-bond acceptors (Lipinski definition) is 3. The van der Waals surface area contributed by atoms with E-state index in [4.69, 9.17) is 0 Å². The predicted octanol–water partition coefficient (Wildman–Crippen LogP) is 1.69. The maximum Gasteiger partial charge on any atom is 0.227 e. The molecule has 0 radical (unpaired) electrons. The largest absolute Gasteiger partial charge is 0.342 e. The standard InChI is InChI=1S/C22H28FN3O3/c23-19-5-1-16(2-6-19)15-20(27)24-11-13-26(14-12-24)22(29)18-7-9-25(10-8-18)21(28)17-3-4-17/h1-2,5-6,17-18H,3-4,7-15H2. The van der Waals surface area contributed by atoms with Crippen LogP contribution in [0.1, 0.15) is 31.2 Å². The maximum absolute atomic E-state index is 13.0. The molecule has 1 aromatic rings. The number of benzene rings is 1. The van der Waals surface area contributed by atoms with Crippen LogP contribution in [0.3, 0.4) is 0 Å². The first kappa shape index (κ1) is 19.9. The fourth-order valence-electron chi connectivity index (χ4n) is 4.26. The van der Waals surface area contributed by atoms with Crippen molar-refractivity contribution in [3.63, 3.8) is 0 Å². The molecule has 2 saturated heterocycles. The number of nitrogens with zero attached hydrogens (tertiary/aromatic N) is 3. The summed E-state index contributed by atoms with van der Waals surface area (Å²) in [6.07, 6.45) is 3.76. The lowest BCUT2D eigenvalue weighted by Crippen LogP contribution is -2.53. The summed E-state index contributed by atoms with van der Waals surface area (Å²) in [5, 5.41) is 0. The minimum Gasteiger partial charge on any atom is -0.342 e. The maximum atomic E-state index is 13.0. The Hall–Kier alpha value is -2.44. The van der Waals surface area contributed by atoms with Gasteiger partial charge in [0.1, 0.15) is 5.82 Å². The highest BCUT2D eigenvalue weighted by atomic mass is 19.1. The molecule has 3 amide bonds. The SMILES string of the molecule is O=C(Cc1ccc(F)cc1)N1CCN(C(=O)C2CCN(C(=O)C3CC3)CC2)CC1. The zero-order valence-corrected chi connectivity index (χ0v) is 16.7. The van der Waals surface area contributed by atoms with Crippen LogP contribution >= 0.6 is 0 Å². The summed E-state index contributed by atoms with van der Waals surface area (Å²) in [6, 6.07) is 5.99. The third-order valence-corrected chi connectivity index (χ3v) is 6.30. The van der Waals surface area contributed by atoms with E-state index in [1.807, 2.05) is 9.80 Å². The summed E-state index contributed by atoms with van der Waals surface area (Å²) >= 11 is 0. The van der Waals surface area contributed by atoms with Crippen molar-refractivity contribution >= 4 is 17.7 Å². The molecular formula is C22H28FN3O3. The van der Waals surface area contributed by atoms with Gasteiger partial charge in [0.15, 0.2) is 0 Å². The quantitative estimate of drug-likeness (QED) is 0.771. The first-order valence-corrected chi connectivity index (χ1v) is 10.6. The Labute approximate surface area is 170 Å². The van der Waals surface area contributed by atoms with Gasteiger partial charge in [0.25, 0.3) is 0 Å². The molecule has 156 valence electrons. The second kappa shape index (κ2) is 8.51. The van der Waals surface area contributed by atoms with Gasteiger partial charge in [0.2, 0.25) is 17.7 Å². The number of likely N-dealkylation sites (tertiary alicyclic amines) is 1. The van der Waals surface area contributed by atoms with Crippen molar-refractivity contribution in [2.24, 2.45) is 11.8 Å². The number of carbonyl (C=O) groups is 3. The molecule has 29 heavy (non-hydrogen) atoms. The second-order valence-electron chi connectivity index (χ2n) is 8.38. The zero-order chi connectivity index (χ0) is 20.4. The third kappa shape index (κ3) is 4.77. The Morgan fingerprint density at radius 1 is 0.724 bits per heavy atom. The molecule has 0 spiro atoms. The molecule has 1 saturated carbocycles. The summed E-state index contributed by atoms with van der Waals surface area (Å²) in [6.45, 7) is 3.53. The summed E-state index contributed by atoms with van der Waals surface area (Å²) in [5.74, 6) is 0.354. The van der Waals surface area contributed by atoms with Gasteiger partial charge in [-0.1, -0.05) is 12.1 Å². The highest BCUT2D eigenvalue weighted by Gasteiger charge is 2.37. The Bertz CT molecular complexity index is 762. The van der Waals surface area contributed by atoms with Crippen molar-refractivity contribution in [1.29, 1.82) is 0 Å². The van der Waals surface area contributed by atoms with Crippen molar-refractivity contribution in [1.82, 2.24) is 14.7 Å². The van der Waals surface area contributed by atoms with E-state index >= 15 is 0 Å². The van der Waals surface area contributed by atoms with Crippen LogP contribution in [0.2, 0.25) is 0 Å². The Morgan fingerprint density at radius 2 is 1.21 bits per heavy atom. The summed E-state index contributed by atoms with van der Waals surface area (Å²) < 4.78 is 13.0. The van der Waals surface area contributed by atoms with E-state index in [1.165, 1.54) is 12.1 Å². The van der Waals surface area contributed by atoms with Gasteiger partial charge in [-0.05, 0) is 43.4 Å². The molecule has 6 nitrogen and oxygen atoms in total. The number of hydrogen-bond donors (Lipinski definition) is 0. The number of amides is 3. The van der Waals surface area contributed by atoms with Crippen LogP contribution in [0.25, 0.3) is 0 Å². The van der Waals surface area contributed by atoms with Gasteiger partial charge in [-0.2, -0.15) is 0 Å². The first-order valence-electron chi connectivity index (χ1n) is 10.6. The van der Waals surface area contributed by atoms with Crippen molar-refractivity contribution in [3.05, 3.63) is 35.6 Å². The Balaban J connectivity index is 1.22. The molecule has 0 unspecified atom stereocenters. The molecule has 2 aliphatic heterocycles. The van der Waals surface area contributed by atoms with E-state index in [9.17, 15) is 18.8 Å². The van der Waals surface area contributed by atoms with Gasteiger partial charge in [0.05, 0.1) is 6.42 Å². The molecule has 3 fully saturated rings. The highest BCUT2D eigenvalue weighted by molar-refractivity contribution is 5.83. The molecule has 3 aliphatic rings. The fraction of sp³-hybridized carbons (Fsp3) is 0.591. The van der Waals surface area contributed by atoms with Crippen molar-refractivity contribution < 1.29 is 18.8 Å². The van der Waals surface area contributed by atoms with Crippen LogP contribution in [0.15, 0.2) is 24.3 Å². The van der Waals surface area contributed by atoms with E-state index < -0.39 is 0 Å². The summed E-state index contributed by atoms with van der Waals surface area (Å²) in [4.78, 5) is 43.1. The van der Waals surface area contributed by atoms with Gasteiger partial charge >= 0.3 is 0 Å². The molecule has 2 heterocycles. The first-order chi connectivity index (χ1) is 14.0. The van der Waals surface area contributed by atoms with E-state index in [-0.39, 0.29) is 41.8 Å². The predicted molar refractivity (Wildman–Crippen MR) is 105 cm³/mol. The second-order valence-corrected chi connectivity index (χ2v) is 8.38. The van der Waals surface area contributed by atoms with Gasteiger partial charge in [-0.15, -0.1) is 0 Å². The lowest BCUT2D eigenvalue weighted by atomic mass is 9.94. The van der Waals surface area contributed by atoms with Gasteiger partial charge in [0, 0.05) is 51.1 Å². The van der Waals surface area contributed by atoms with Gasteiger partial charge in [-0.25, -0.2) is 4.39 Å². The molecule has 0 aromatic heterocycles. The van der Waals surface area contributed by atoms with Crippen LogP contribution < -0.4 is 0 Å².